The molecule has 0 bridgehead atoms. The van der Waals surface area contributed by atoms with E-state index in [2.05, 4.69) is 5.43 Å². The minimum Gasteiger partial charge on any atom is -0.508 e. The zero-order chi connectivity index (χ0) is 44.8. The number of carbonyl (C=O) groups excluding carboxylic acids is 4. The number of phenols is 1. The van der Waals surface area contributed by atoms with Crippen molar-refractivity contribution in [1.82, 2.24) is 5.01 Å². The number of fused-ring (bicyclic) bond motifs is 5. The van der Waals surface area contributed by atoms with Crippen molar-refractivity contribution in [3.63, 3.8) is 0 Å². The van der Waals surface area contributed by atoms with Crippen LogP contribution < -0.4 is 24.7 Å². The van der Waals surface area contributed by atoms with Crippen molar-refractivity contribution in [3.05, 3.63) is 138 Å². The lowest BCUT2D eigenvalue weighted by Crippen LogP contribution is -2.55. The van der Waals surface area contributed by atoms with Crippen LogP contribution in [0.1, 0.15) is 24.0 Å². The van der Waals surface area contributed by atoms with Crippen molar-refractivity contribution in [2.24, 2.45) is 29.6 Å². The number of phenolic OH excluding ortho intramolecular Hbond substituents is 1. The molecule has 0 spiro atoms. The van der Waals surface area contributed by atoms with Crippen molar-refractivity contribution in [1.29, 1.82) is 0 Å². The number of nitrogens with zero attached hydrogens (tertiary/aromatic N) is 5. The van der Waals surface area contributed by atoms with E-state index in [1.165, 1.54) is 56.6 Å². The Morgan fingerprint density at radius 2 is 1.60 bits per heavy atom. The molecule has 3 heterocycles. The molecule has 9 rings (SSSR count). The molecule has 2 N–H and O–H groups in total. The largest absolute Gasteiger partial charge is 0.508 e. The number of methoxy groups -OCH3 is 1. The van der Waals surface area contributed by atoms with Crippen LogP contribution in [0.15, 0.2) is 96.3 Å². The number of halogens is 2. The van der Waals surface area contributed by atoms with Gasteiger partial charge in [-0.05, 0) is 78.4 Å². The standard InChI is InChI=1S/C44H36Cl2N6O11/c1-48(2)39-34(51(58)59)17-25(18-35(39)52(60)61)49-40(54)29-11-10-28-30(37(29)42(49)56)19-31-41(55)50(47-33-12-6-24(45)16-32(33)46)43(57)44(31,23-4-8-27(62-3)9-5-23)38(28)22-14-21-15-26(53)7-13-36(21)63-20-22/h4-10,12-13,15-18,20,29-31,37-38,47,53H,11,14,19H2,1-3H3/t29-,30+,31-,37-,38-,44+/m0/s1. The molecule has 2 aliphatic carbocycles. The number of nitro groups is 2. The Morgan fingerprint density at radius 1 is 0.905 bits per heavy atom. The quantitative estimate of drug-likeness (QED) is 0.0741. The van der Waals surface area contributed by atoms with Crippen LogP contribution in [-0.2, 0) is 31.0 Å². The van der Waals surface area contributed by atoms with Crippen LogP contribution in [0.4, 0.5) is 28.4 Å². The van der Waals surface area contributed by atoms with Gasteiger partial charge in [-0.15, -0.1) is 0 Å². The molecular formula is C44H36Cl2N6O11. The molecule has 17 nitrogen and oxygen atoms in total. The number of aromatic hydroxyl groups is 1. The summed E-state index contributed by atoms with van der Waals surface area (Å²) in [5.74, 6) is -7.06. The number of allylic oxidation sites excluding steroid dienone is 3. The van der Waals surface area contributed by atoms with E-state index < -0.39 is 79.9 Å². The average molecular weight is 896 g/mol. The first-order valence-electron chi connectivity index (χ1n) is 19.7. The van der Waals surface area contributed by atoms with Crippen LogP contribution >= 0.6 is 23.2 Å². The van der Waals surface area contributed by atoms with Crippen LogP contribution in [-0.4, -0.2) is 64.8 Å². The normalized spacial score (nSPS) is 24.7. The van der Waals surface area contributed by atoms with Gasteiger partial charge < -0.3 is 19.5 Å². The van der Waals surface area contributed by atoms with E-state index in [9.17, 15) is 34.9 Å². The van der Waals surface area contributed by atoms with Gasteiger partial charge in [-0.1, -0.05) is 47.0 Å². The maximum absolute atomic E-state index is 15.6. The van der Waals surface area contributed by atoms with Crippen LogP contribution in [0.3, 0.4) is 0 Å². The van der Waals surface area contributed by atoms with Crippen LogP contribution in [0, 0.1) is 49.8 Å². The summed E-state index contributed by atoms with van der Waals surface area (Å²) >= 11 is 12.8. The summed E-state index contributed by atoms with van der Waals surface area (Å²) in [4.78, 5) is 85.2. The van der Waals surface area contributed by atoms with E-state index in [0.29, 0.717) is 38.8 Å². The second-order valence-electron chi connectivity index (χ2n) is 16.2. The molecule has 6 atom stereocenters. The summed E-state index contributed by atoms with van der Waals surface area (Å²) in [7, 11) is 4.29. The van der Waals surface area contributed by atoms with Crippen LogP contribution in [0.25, 0.3) is 0 Å². The molecule has 63 heavy (non-hydrogen) atoms. The Labute approximate surface area is 368 Å². The van der Waals surface area contributed by atoms with Gasteiger partial charge in [0.1, 0.15) is 17.2 Å². The number of nitro benzene ring substituents is 2. The van der Waals surface area contributed by atoms with E-state index in [4.69, 9.17) is 32.7 Å². The predicted octanol–water partition coefficient (Wildman–Crippen LogP) is 7.13. The highest BCUT2D eigenvalue weighted by Gasteiger charge is 2.71. The molecule has 5 aliphatic rings. The fraction of sp³-hybridized carbons (Fsp3) is 0.273. The molecule has 2 saturated heterocycles. The summed E-state index contributed by atoms with van der Waals surface area (Å²) in [6.07, 6.45) is 3.37. The third-order valence-corrected chi connectivity index (χ3v) is 13.4. The molecule has 19 heteroatoms. The van der Waals surface area contributed by atoms with Crippen molar-refractivity contribution in [3.8, 4) is 17.2 Å². The Hall–Kier alpha value is -6.98. The predicted molar refractivity (Wildman–Crippen MR) is 228 cm³/mol. The monoisotopic (exact) mass is 894 g/mol. The lowest BCUT2D eigenvalue weighted by atomic mass is 9.48. The van der Waals surface area contributed by atoms with E-state index in [1.807, 2.05) is 6.08 Å². The SMILES string of the molecule is COc1ccc([C@@]23C(=O)N(Nc4ccc(Cl)cc4Cl)C(=O)[C@@H]2C[C@@H]2C(=CC[C@@H]4C(=O)N(c5cc([N+](=O)[O-])c(N(C)C)c([N+](=O)[O-])c5)C(=O)[C@@H]42)[C@@H]3C2=COc3ccc(O)cc3C2)cc1. The number of hydrazine groups is 1. The summed E-state index contributed by atoms with van der Waals surface area (Å²) < 4.78 is 11.6. The highest BCUT2D eigenvalue weighted by atomic mass is 35.5. The van der Waals surface area contributed by atoms with E-state index >= 15 is 9.59 Å². The second-order valence-corrected chi connectivity index (χ2v) is 17.1. The molecule has 0 unspecified atom stereocenters. The number of hydrogen-bond donors (Lipinski definition) is 2. The number of amides is 4. The Bertz CT molecular complexity index is 2740. The van der Waals surface area contributed by atoms with Gasteiger partial charge in [-0.3, -0.25) is 44.8 Å². The van der Waals surface area contributed by atoms with Gasteiger partial charge in [0.2, 0.25) is 11.8 Å². The molecular weight excluding hydrogens is 859 g/mol. The number of hydrogen-bond acceptors (Lipinski definition) is 13. The lowest BCUT2D eigenvalue weighted by Gasteiger charge is -2.51. The number of imide groups is 2. The van der Waals surface area contributed by atoms with E-state index in [1.54, 1.807) is 36.4 Å². The highest BCUT2D eigenvalue weighted by molar-refractivity contribution is 6.36. The van der Waals surface area contributed by atoms with Gasteiger partial charge in [0.25, 0.3) is 11.8 Å². The van der Waals surface area contributed by atoms with Crippen molar-refractivity contribution < 1.29 is 43.6 Å². The fourth-order valence-electron chi connectivity index (χ4n) is 10.4. The smallest absolute Gasteiger partial charge is 0.301 e. The summed E-state index contributed by atoms with van der Waals surface area (Å²) in [6.45, 7) is 0. The fourth-order valence-corrected chi connectivity index (χ4v) is 10.8. The van der Waals surface area contributed by atoms with Gasteiger partial charge in [-0.2, -0.15) is 5.01 Å². The number of anilines is 3. The third-order valence-electron chi connectivity index (χ3n) is 12.9. The van der Waals surface area contributed by atoms with E-state index in [-0.39, 0.29) is 47.1 Å². The minimum atomic E-state index is -1.71. The van der Waals surface area contributed by atoms with Gasteiger partial charge in [0, 0.05) is 49.2 Å². The minimum absolute atomic E-state index is 0.00655. The number of nitrogens with one attached hydrogen (secondary N) is 1. The number of ether oxygens (including phenoxy) is 2. The zero-order valence-corrected chi connectivity index (χ0v) is 35.1. The first-order chi connectivity index (χ1) is 30.1. The van der Waals surface area contributed by atoms with Crippen molar-refractivity contribution >= 4 is 75.3 Å². The molecule has 4 aromatic carbocycles. The molecule has 4 amide bonds. The topological polar surface area (TPSA) is 215 Å². The lowest BCUT2D eigenvalue weighted by molar-refractivity contribution is -0.392. The van der Waals surface area contributed by atoms with Gasteiger partial charge in [-0.25, -0.2) is 4.90 Å². The Balaban J connectivity index is 1.22. The van der Waals surface area contributed by atoms with Crippen LogP contribution in [0.5, 0.6) is 17.2 Å². The summed E-state index contributed by atoms with van der Waals surface area (Å²) in [5.41, 5.74) is 1.58. The molecule has 3 aliphatic heterocycles. The van der Waals surface area contributed by atoms with Gasteiger partial charge >= 0.3 is 11.4 Å². The molecule has 322 valence electrons. The third kappa shape index (κ3) is 6.27. The number of rotatable bonds is 9. The summed E-state index contributed by atoms with van der Waals surface area (Å²) in [5, 5.41) is 36.5. The molecule has 4 aromatic rings. The molecule has 0 aromatic heterocycles. The first-order valence-corrected chi connectivity index (χ1v) is 20.5. The number of carbonyl (C=O) groups is 4. The zero-order valence-electron chi connectivity index (χ0n) is 33.6. The van der Waals surface area contributed by atoms with Crippen molar-refractivity contribution in [2.45, 2.75) is 24.7 Å². The van der Waals surface area contributed by atoms with Gasteiger partial charge in [0.15, 0.2) is 5.69 Å². The van der Waals surface area contributed by atoms with Gasteiger partial charge in [0.05, 0.1) is 62.8 Å². The molecule has 1 saturated carbocycles. The van der Waals surface area contributed by atoms with E-state index in [0.717, 1.165) is 22.0 Å². The van der Waals surface area contributed by atoms with Crippen molar-refractivity contribution in [2.75, 3.05) is 36.4 Å². The highest BCUT2D eigenvalue weighted by Crippen LogP contribution is 2.64. The molecule has 3 fully saturated rings. The first kappa shape index (κ1) is 41.4. The molecule has 0 radical (unpaired) electrons. The van der Waals surface area contributed by atoms with Crippen LogP contribution in [0.2, 0.25) is 10.0 Å². The number of benzene rings is 4. The summed E-state index contributed by atoms with van der Waals surface area (Å²) in [6, 6.07) is 17.9. The second kappa shape index (κ2) is 15.1. The average Bonchev–Trinajstić information content (AvgIpc) is 3.64. The Kier molecular flexibility index (Phi) is 9.94. The maximum Gasteiger partial charge on any atom is 0.301 e. The Morgan fingerprint density at radius 3 is 2.24 bits per heavy atom. The maximum atomic E-state index is 15.6.